The summed E-state index contributed by atoms with van der Waals surface area (Å²) in [6.45, 7) is 2.37. The van der Waals surface area contributed by atoms with Gasteiger partial charge in [0, 0.05) is 0 Å². The predicted molar refractivity (Wildman–Crippen MR) is 93.4 cm³/mol. The van der Waals surface area contributed by atoms with E-state index in [9.17, 15) is 13.5 Å². The molecule has 0 heterocycles. The number of aliphatic hydroxyl groups excluding tert-OH is 1. The Morgan fingerprint density at radius 3 is 2.33 bits per heavy atom. The highest BCUT2D eigenvalue weighted by molar-refractivity contribution is 7.89. The number of rotatable bonds is 9. The van der Waals surface area contributed by atoms with E-state index in [1.54, 1.807) is 36.4 Å². The third kappa shape index (κ3) is 5.06. The SMILES string of the molecule is CCCCOc1ccc(S(=O)(=O)NC(CO)c2ccccc2)cc1. The first-order chi connectivity index (χ1) is 11.6. The molecule has 0 aliphatic carbocycles. The normalized spacial score (nSPS) is 12.8. The average Bonchev–Trinajstić information content (AvgIpc) is 2.61. The molecule has 2 N–H and O–H groups in total. The van der Waals surface area contributed by atoms with Crippen molar-refractivity contribution in [1.29, 1.82) is 0 Å². The number of sulfonamides is 1. The third-order valence-electron chi connectivity index (χ3n) is 3.58. The molecule has 0 saturated carbocycles. The summed E-state index contributed by atoms with van der Waals surface area (Å²) < 4.78 is 33.0. The van der Waals surface area contributed by atoms with Crippen molar-refractivity contribution in [3.63, 3.8) is 0 Å². The highest BCUT2D eigenvalue weighted by atomic mass is 32.2. The topological polar surface area (TPSA) is 75.6 Å². The first-order valence-electron chi connectivity index (χ1n) is 7.98. The summed E-state index contributed by atoms with van der Waals surface area (Å²) in [5.74, 6) is 0.643. The lowest BCUT2D eigenvalue weighted by atomic mass is 10.1. The van der Waals surface area contributed by atoms with Gasteiger partial charge in [0.1, 0.15) is 5.75 Å². The van der Waals surface area contributed by atoms with Gasteiger partial charge in [-0.15, -0.1) is 0 Å². The molecule has 0 fully saturated rings. The van der Waals surface area contributed by atoms with E-state index in [1.807, 2.05) is 6.07 Å². The zero-order valence-electron chi connectivity index (χ0n) is 13.7. The van der Waals surface area contributed by atoms with Crippen LogP contribution in [0, 0.1) is 0 Å². The highest BCUT2D eigenvalue weighted by Gasteiger charge is 2.20. The predicted octanol–water partition coefficient (Wildman–Crippen LogP) is 2.88. The molecule has 0 spiro atoms. The van der Waals surface area contributed by atoms with Crippen LogP contribution in [0.15, 0.2) is 59.5 Å². The molecule has 0 aliphatic rings. The molecule has 0 amide bonds. The quantitative estimate of drug-likeness (QED) is 0.683. The van der Waals surface area contributed by atoms with Gasteiger partial charge in [-0.25, -0.2) is 13.1 Å². The Hall–Kier alpha value is -1.89. The zero-order chi connectivity index (χ0) is 17.4. The summed E-state index contributed by atoms with van der Waals surface area (Å²) in [6.07, 6.45) is 2.00. The summed E-state index contributed by atoms with van der Waals surface area (Å²) in [5.41, 5.74) is 0.711. The molecule has 130 valence electrons. The molecule has 2 aromatic carbocycles. The Morgan fingerprint density at radius 1 is 1.08 bits per heavy atom. The lowest BCUT2D eigenvalue weighted by Crippen LogP contribution is -2.30. The van der Waals surface area contributed by atoms with Crippen LogP contribution in [-0.2, 0) is 10.0 Å². The molecule has 1 unspecified atom stereocenters. The van der Waals surface area contributed by atoms with Crippen molar-refractivity contribution in [2.24, 2.45) is 0 Å². The smallest absolute Gasteiger partial charge is 0.241 e. The molecule has 1 atom stereocenters. The largest absolute Gasteiger partial charge is 0.494 e. The van der Waals surface area contributed by atoms with E-state index in [0.29, 0.717) is 17.9 Å². The number of ether oxygens (including phenoxy) is 1. The van der Waals surface area contributed by atoms with Gasteiger partial charge in [0.05, 0.1) is 24.2 Å². The molecule has 0 aliphatic heterocycles. The van der Waals surface area contributed by atoms with Crippen LogP contribution in [-0.4, -0.2) is 26.7 Å². The van der Waals surface area contributed by atoms with Gasteiger partial charge in [0.25, 0.3) is 0 Å². The average molecular weight is 349 g/mol. The van der Waals surface area contributed by atoms with Gasteiger partial charge in [0.15, 0.2) is 0 Å². The Labute approximate surface area is 143 Å². The summed E-state index contributed by atoms with van der Waals surface area (Å²) in [5, 5.41) is 9.51. The lowest BCUT2D eigenvalue weighted by molar-refractivity contribution is 0.259. The van der Waals surface area contributed by atoms with Gasteiger partial charge in [-0.2, -0.15) is 0 Å². The second-order valence-corrected chi connectivity index (χ2v) is 7.15. The first-order valence-corrected chi connectivity index (χ1v) is 9.46. The van der Waals surface area contributed by atoms with Crippen LogP contribution in [0.1, 0.15) is 31.4 Å². The monoisotopic (exact) mass is 349 g/mol. The van der Waals surface area contributed by atoms with Crippen LogP contribution in [0.5, 0.6) is 5.75 Å². The van der Waals surface area contributed by atoms with Gasteiger partial charge in [-0.3, -0.25) is 0 Å². The second kappa shape index (κ2) is 8.82. The number of benzene rings is 2. The maximum Gasteiger partial charge on any atom is 0.241 e. The number of aliphatic hydroxyl groups is 1. The van der Waals surface area contributed by atoms with Crippen molar-refractivity contribution >= 4 is 10.0 Å². The van der Waals surface area contributed by atoms with Crippen LogP contribution >= 0.6 is 0 Å². The number of nitrogens with one attached hydrogen (secondary N) is 1. The van der Waals surface area contributed by atoms with E-state index >= 15 is 0 Å². The highest BCUT2D eigenvalue weighted by Crippen LogP contribution is 2.19. The van der Waals surface area contributed by atoms with Crippen LogP contribution in [0.25, 0.3) is 0 Å². The second-order valence-electron chi connectivity index (χ2n) is 5.44. The fourth-order valence-corrected chi connectivity index (χ4v) is 3.42. The number of hydrogen-bond acceptors (Lipinski definition) is 4. The van der Waals surface area contributed by atoms with Crippen molar-refractivity contribution in [2.45, 2.75) is 30.7 Å². The molecule has 2 rings (SSSR count). The van der Waals surface area contributed by atoms with Crippen molar-refractivity contribution in [3.8, 4) is 5.75 Å². The Balaban J connectivity index is 2.09. The molecule has 24 heavy (non-hydrogen) atoms. The van der Waals surface area contributed by atoms with Gasteiger partial charge in [-0.1, -0.05) is 43.7 Å². The molecule has 0 aromatic heterocycles. The molecule has 0 bridgehead atoms. The zero-order valence-corrected chi connectivity index (χ0v) is 14.5. The standard InChI is InChI=1S/C18H23NO4S/c1-2-3-13-23-16-9-11-17(12-10-16)24(21,22)19-18(14-20)15-7-5-4-6-8-15/h4-12,18-20H,2-3,13-14H2,1H3. The number of hydrogen-bond donors (Lipinski definition) is 2. The van der Waals surface area contributed by atoms with Crippen molar-refractivity contribution in [3.05, 3.63) is 60.2 Å². The maximum absolute atomic E-state index is 12.5. The first kappa shape index (κ1) is 18.4. The van der Waals surface area contributed by atoms with Crippen LogP contribution in [0.4, 0.5) is 0 Å². The Morgan fingerprint density at radius 2 is 1.75 bits per heavy atom. The summed E-state index contributed by atoms with van der Waals surface area (Å²) in [6, 6.07) is 14.6. The Bertz CT molecular complexity index is 714. The van der Waals surface area contributed by atoms with Crippen LogP contribution in [0.2, 0.25) is 0 Å². The maximum atomic E-state index is 12.5. The van der Waals surface area contributed by atoms with E-state index in [-0.39, 0.29) is 11.5 Å². The fraction of sp³-hybridized carbons (Fsp3) is 0.333. The summed E-state index contributed by atoms with van der Waals surface area (Å²) >= 11 is 0. The van der Waals surface area contributed by atoms with E-state index < -0.39 is 16.1 Å². The van der Waals surface area contributed by atoms with Crippen molar-refractivity contribution in [2.75, 3.05) is 13.2 Å². The number of unbranched alkanes of at least 4 members (excludes halogenated alkanes) is 1. The minimum absolute atomic E-state index is 0.139. The summed E-state index contributed by atoms with van der Waals surface area (Å²) in [4.78, 5) is 0.139. The van der Waals surface area contributed by atoms with E-state index in [4.69, 9.17) is 4.74 Å². The lowest BCUT2D eigenvalue weighted by Gasteiger charge is -2.17. The minimum atomic E-state index is -3.73. The van der Waals surface area contributed by atoms with Gasteiger partial charge in [0.2, 0.25) is 10.0 Å². The Kier molecular flexibility index (Phi) is 6.78. The molecule has 6 heteroatoms. The van der Waals surface area contributed by atoms with E-state index in [2.05, 4.69) is 11.6 Å². The summed E-state index contributed by atoms with van der Waals surface area (Å²) in [7, 11) is -3.73. The molecule has 0 saturated heterocycles. The van der Waals surface area contributed by atoms with Crippen molar-refractivity contribution in [1.82, 2.24) is 4.72 Å². The minimum Gasteiger partial charge on any atom is -0.494 e. The van der Waals surface area contributed by atoms with Gasteiger partial charge < -0.3 is 9.84 Å². The molecular formula is C18H23NO4S. The van der Waals surface area contributed by atoms with Gasteiger partial charge in [-0.05, 0) is 36.2 Å². The molecular weight excluding hydrogens is 326 g/mol. The van der Waals surface area contributed by atoms with Crippen LogP contribution in [0.3, 0.4) is 0 Å². The third-order valence-corrected chi connectivity index (χ3v) is 5.07. The van der Waals surface area contributed by atoms with E-state index in [0.717, 1.165) is 12.8 Å². The fourth-order valence-electron chi connectivity index (χ4n) is 2.20. The molecule has 5 nitrogen and oxygen atoms in total. The van der Waals surface area contributed by atoms with E-state index in [1.165, 1.54) is 12.1 Å². The van der Waals surface area contributed by atoms with Gasteiger partial charge >= 0.3 is 0 Å². The van der Waals surface area contributed by atoms with Crippen LogP contribution < -0.4 is 9.46 Å². The molecule has 2 aromatic rings. The molecule has 0 radical (unpaired) electrons. The van der Waals surface area contributed by atoms with Crippen molar-refractivity contribution < 1.29 is 18.3 Å².